The monoisotopic (exact) mass is 278 g/mol. The van der Waals surface area contributed by atoms with Crippen molar-refractivity contribution in [1.82, 2.24) is 4.98 Å². The number of aromatic nitrogens is 1. The maximum Gasteiger partial charge on any atom is 0.416 e. The predicted molar refractivity (Wildman–Crippen MR) is 66.8 cm³/mol. The van der Waals surface area contributed by atoms with E-state index in [-0.39, 0.29) is 6.42 Å². The van der Waals surface area contributed by atoms with E-state index in [1.807, 2.05) is 6.07 Å². The van der Waals surface area contributed by atoms with Gasteiger partial charge in [-0.3, -0.25) is 4.79 Å². The second-order valence-corrected chi connectivity index (χ2v) is 4.13. The number of nitriles is 1. The Kier molecular flexibility index (Phi) is 3.61. The molecular formula is C14H9F3N2O. The molecule has 0 amide bonds. The Morgan fingerprint density at radius 3 is 2.60 bits per heavy atom. The van der Waals surface area contributed by atoms with Crippen molar-refractivity contribution in [2.24, 2.45) is 0 Å². The Morgan fingerprint density at radius 2 is 1.95 bits per heavy atom. The van der Waals surface area contributed by atoms with E-state index in [9.17, 15) is 18.0 Å². The number of hydrogen-bond donors (Lipinski definition) is 1. The zero-order valence-electron chi connectivity index (χ0n) is 10.2. The average molecular weight is 278 g/mol. The van der Waals surface area contributed by atoms with Crippen LogP contribution in [0.1, 0.15) is 11.3 Å². The summed E-state index contributed by atoms with van der Waals surface area (Å²) >= 11 is 0. The molecule has 0 aliphatic heterocycles. The molecular weight excluding hydrogens is 269 g/mol. The number of nitrogens with one attached hydrogen (secondary N) is 1. The van der Waals surface area contributed by atoms with E-state index in [0.717, 1.165) is 12.1 Å². The first kappa shape index (κ1) is 13.9. The molecule has 0 saturated carbocycles. The van der Waals surface area contributed by atoms with E-state index in [1.54, 1.807) is 0 Å². The highest BCUT2D eigenvalue weighted by molar-refractivity contribution is 5.67. The largest absolute Gasteiger partial charge is 0.416 e. The van der Waals surface area contributed by atoms with Gasteiger partial charge in [-0.15, -0.1) is 0 Å². The van der Waals surface area contributed by atoms with Crippen molar-refractivity contribution >= 4 is 0 Å². The number of pyridine rings is 1. The van der Waals surface area contributed by atoms with Gasteiger partial charge in [0.25, 0.3) is 0 Å². The zero-order valence-corrected chi connectivity index (χ0v) is 10.2. The minimum atomic E-state index is -4.44. The van der Waals surface area contributed by atoms with Crippen molar-refractivity contribution in [1.29, 1.82) is 5.26 Å². The fourth-order valence-electron chi connectivity index (χ4n) is 1.87. The van der Waals surface area contributed by atoms with Gasteiger partial charge in [-0.25, -0.2) is 0 Å². The van der Waals surface area contributed by atoms with Crippen LogP contribution in [-0.4, -0.2) is 4.98 Å². The van der Waals surface area contributed by atoms with E-state index in [2.05, 4.69) is 4.98 Å². The highest BCUT2D eigenvalue weighted by atomic mass is 19.4. The van der Waals surface area contributed by atoms with Gasteiger partial charge in [0.15, 0.2) is 0 Å². The molecule has 20 heavy (non-hydrogen) atoms. The Labute approximate surface area is 112 Å². The second-order valence-electron chi connectivity index (χ2n) is 4.13. The molecule has 1 N–H and O–H groups in total. The molecule has 0 atom stereocenters. The Hall–Kier alpha value is -2.55. The molecule has 0 radical (unpaired) electrons. The van der Waals surface area contributed by atoms with Crippen molar-refractivity contribution in [2.75, 3.05) is 0 Å². The van der Waals surface area contributed by atoms with Gasteiger partial charge in [0.2, 0.25) is 5.56 Å². The van der Waals surface area contributed by atoms with Crippen LogP contribution < -0.4 is 5.56 Å². The molecule has 2 aromatic rings. The molecule has 3 nitrogen and oxygen atoms in total. The molecule has 0 aliphatic rings. The fourth-order valence-corrected chi connectivity index (χ4v) is 1.87. The van der Waals surface area contributed by atoms with Crippen LogP contribution in [0.2, 0.25) is 0 Å². The van der Waals surface area contributed by atoms with Crippen LogP contribution >= 0.6 is 0 Å². The van der Waals surface area contributed by atoms with Crippen LogP contribution in [0.25, 0.3) is 11.1 Å². The number of rotatable bonds is 2. The van der Waals surface area contributed by atoms with Gasteiger partial charge < -0.3 is 4.98 Å². The molecule has 1 heterocycles. The van der Waals surface area contributed by atoms with Crippen LogP contribution in [0.15, 0.2) is 41.2 Å². The van der Waals surface area contributed by atoms with Crippen LogP contribution in [0.3, 0.4) is 0 Å². The lowest BCUT2D eigenvalue weighted by molar-refractivity contribution is -0.137. The van der Waals surface area contributed by atoms with E-state index in [0.29, 0.717) is 16.8 Å². The third-order valence-corrected chi connectivity index (χ3v) is 2.76. The number of benzene rings is 1. The van der Waals surface area contributed by atoms with Gasteiger partial charge in [0.05, 0.1) is 18.1 Å². The molecule has 0 fully saturated rings. The number of alkyl halides is 3. The Bertz CT molecular complexity index is 726. The van der Waals surface area contributed by atoms with E-state index in [4.69, 9.17) is 5.26 Å². The highest BCUT2D eigenvalue weighted by Gasteiger charge is 2.30. The van der Waals surface area contributed by atoms with E-state index < -0.39 is 17.3 Å². The fraction of sp³-hybridized carbons (Fsp3) is 0.143. The van der Waals surface area contributed by atoms with Crippen molar-refractivity contribution in [3.63, 3.8) is 0 Å². The molecule has 2 rings (SSSR count). The average Bonchev–Trinajstić information content (AvgIpc) is 2.38. The summed E-state index contributed by atoms with van der Waals surface area (Å²) in [7, 11) is 0. The molecule has 0 aliphatic carbocycles. The van der Waals surface area contributed by atoms with Gasteiger partial charge in [0, 0.05) is 17.3 Å². The quantitative estimate of drug-likeness (QED) is 0.917. The van der Waals surface area contributed by atoms with Crippen LogP contribution in [-0.2, 0) is 12.6 Å². The van der Waals surface area contributed by atoms with Crippen molar-refractivity contribution in [3.8, 4) is 17.2 Å². The summed E-state index contributed by atoms with van der Waals surface area (Å²) in [6, 6.07) is 9.27. The summed E-state index contributed by atoms with van der Waals surface area (Å²) in [5.74, 6) is 0. The summed E-state index contributed by atoms with van der Waals surface area (Å²) in [6.07, 6.45) is -4.52. The van der Waals surface area contributed by atoms with Gasteiger partial charge >= 0.3 is 6.18 Å². The molecule has 0 bridgehead atoms. The minimum Gasteiger partial charge on any atom is -0.325 e. The van der Waals surface area contributed by atoms with Gasteiger partial charge in [0.1, 0.15) is 0 Å². The van der Waals surface area contributed by atoms with Gasteiger partial charge in [-0.2, -0.15) is 18.4 Å². The maximum absolute atomic E-state index is 12.7. The number of aromatic amines is 1. The zero-order chi connectivity index (χ0) is 14.8. The first-order chi connectivity index (χ1) is 9.41. The third kappa shape index (κ3) is 2.88. The normalized spacial score (nSPS) is 11.1. The smallest absolute Gasteiger partial charge is 0.325 e. The summed E-state index contributed by atoms with van der Waals surface area (Å²) in [5, 5.41) is 8.71. The number of halogens is 3. The lowest BCUT2D eigenvalue weighted by Crippen LogP contribution is -2.09. The lowest BCUT2D eigenvalue weighted by atomic mass is 10.0. The summed E-state index contributed by atoms with van der Waals surface area (Å²) in [6.45, 7) is 0. The molecule has 1 aromatic heterocycles. The van der Waals surface area contributed by atoms with Crippen LogP contribution in [0, 0.1) is 11.3 Å². The first-order valence-electron chi connectivity index (χ1n) is 5.68. The predicted octanol–water partition coefficient (Wildman–Crippen LogP) is 3.13. The highest BCUT2D eigenvalue weighted by Crippen LogP contribution is 2.32. The number of nitrogens with zero attached hydrogens (tertiary/aromatic N) is 1. The number of H-pyrrole nitrogens is 1. The van der Waals surface area contributed by atoms with Crippen LogP contribution in [0.5, 0.6) is 0 Å². The third-order valence-electron chi connectivity index (χ3n) is 2.76. The maximum atomic E-state index is 12.7. The van der Waals surface area contributed by atoms with Gasteiger partial charge in [-0.1, -0.05) is 12.1 Å². The molecule has 0 saturated heterocycles. The van der Waals surface area contributed by atoms with Crippen molar-refractivity contribution in [3.05, 3.63) is 58.0 Å². The molecule has 1 aromatic carbocycles. The van der Waals surface area contributed by atoms with Crippen LogP contribution in [0.4, 0.5) is 13.2 Å². The van der Waals surface area contributed by atoms with Crippen molar-refractivity contribution in [2.45, 2.75) is 12.6 Å². The Morgan fingerprint density at radius 1 is 1.20 bits per heavy atom. The lowest BCUT2D eigenvalue weighted by Gasteiger charge is -2.10. The second kappa shape index (κ2) is 5.21. The minimum absolute atomic E-state index is 0.0817. The van der Waals surface area contributed by atoms with E-state index >= 15 is 0 Å². The summed E-state index contributed by atoms with van der Waals surface area (Å²) in [5.41, 5.74) is -0.145. The molecule has 0 spiro atoms. The number of hydrogen-bond acceptors (Lipinski definition) is 2. The van der Waals surface area contributed by atoms with E-state index in [1.165, 1.54) is 24.3 Å². The van der Waals surface area contributed by atoms with Crippen molar-refractivity contribution < 1.29 is 13.2 Å². The standard InChI is InChI=1S/C14H9F3N2O/c15-14(16,17)10-3-1-2-9(8-10)11-4-5-13(20)19-12(11)6-7-18/h1-5,8H,6H2,(H,19,20). The van der Waals surface area contributed by atoms with Gasteiger partial charge in [-0.05, 0) is 23.8 Å². The topological polar surface area (TPSA) is 56.6 Å². The summed E-state index contributed by atoms with van der Waals surface area (Å²) in [4.78, 5) is 13.7. The molecule has 102 valence electrons. The molecule has 0 unspecified atom stereocenters. The SMILES string of the molecule is N#CCc1[nH]c(=O)ccc1-c1cccc(C(F)(F)F)c1. The Balaban J connectivity index is 2.57. The first-order valence-corrected chi connectivity index (χ1v) is 5.68. The molecule has 6 heteroatoms. The summed E-state index contributed by atoms with van der Waals surface area (Å²) < 4.78 is 38.1.